The molecule has 0 spiro atoms. The van der Waals surface area contributed by atoms with Crippen LogP contribution in [0.15, 0.2) is 34.9 Å². The number of ether oxygens (including phenoxy) is 3. The first kappa shape index (κ1) is 23.1. The van der Waals surface area contributed by atoms with E-state index in [2.05, 4.69) is 10.1 Å². The molecule has 9 nitrogen and oxygen atoms in total. The van der Waals surface area contributed by atoms with Gasteiger partial charge < -0.3 is 14.2 Å². The number of esters is 2. The zero-order chi connectivity index (χ0) is 23.3. The second-order valence-electron chi connectivity index (χ2n) is 6.65. The molecule has 168 valence electrons. The molecule has 3 rings (SSSR count). The molecule has 0 saturated carbocycles. The Morgan fingerprint density at radius 1 is 1.09 bits per heavy atom. The van der Waals surface area contributed by atoms with E-state index in [1.165, 1.54) is 5.01 Å². The highest BCUT2D eigenvalue weighted by Gasteiger charge is 2.32. The minimum atomic E-state index is -0.470. The average Bonchev–Trinajstić information content (AvgIpc) is 3.28. The first-order chi connectivity index (χ1) is 15.3. The van der Waals surface area contributed by atoms with Gasteiger partial charge in [0.05, 0.1) is 30.2 Å². The Bertz CT molecular complexity index is 1090. The summed E-state index contributed by atoms with van der Waals surface area (Å²) >= 11 is 1.06. The number of anilines is 1. The van der Waals surface area contributed by atoms with Crippen LogP contribution in [0, 0.1) is 6.92 Å². The van der Waals surface area contributed by atoms with Gasteiger partial charge in [-0.3, -0.25) is 4.79 Å². The van der Waals surface area contributed by atoms with Crippen LogP contribution in [0.25, 0.3) is 6.08 Å². The number of nitrogens with zero attached hydrogens (tertiary/aromatic N) is 3. The van der Waals surface area contributed by atoms with Gasteiger partial charge in [-0.15, -0.1) is 0 Å². The molecule has 0 aliphatic carbocycles. The third kappa shape index (κ3) is 5.20. The van der Waals surface area contributed by atoms with Crippen molar-refractivity contribution < 1.29 is 28.6 Å². The average molecular weight is 458 g/mol. The summed E-state index contributed by atoms with van der Waals surface area (Å²) in [7, 11) is 0. The number of hydrogen-bond acceptors (Lipinski definition) is 9. The Kier molecular flexibility index (Phi) is 7.37. The molecule has 1 aromatic carbocycles. The standard InChI is InChI=1S/C22H23N3O6S/c1-5-29-18(26)12-31-16-9-7-15(8-10-16)11-17-13(3)24-25(20(17)27)22-23-14(4)19(32-22)21(28)30-6-2/h7-11H,5-6,12H2,1-4H3. The van der Waals surface area contributed by atoms with Gasteiger partial charge in [0.1, 0.15) is 10.6 Å². The fourth-order valence-corrected chi connectivity index (χ4v) is 3.76. The van der Waals surface area contributed by atoms with E-state index in [9.17, 15) is 14.4 Å². The minimum absolute atomic E-state index is 0.172. The van der Waals surface area contributed by atoms with Crippen LogP contribution in [0.1, 0.15) is 41.7 Å². The molecule has 0 unspecified atom stereocenters. The molecule has 0 atom stereocenters. The number of aryl methyl sites for hydroxylation is 1. The van der Waals surface area contributed by atoms with Crippen LogP contribution in [0.2, 0.25) is 0 Å². The fourth-order valence-electron chi connectivity index (χ4n) is 2.84. The van der Waals surface area contributed by atoms with Crippen LogP contribution >= 0.6 is 11.3 Å². The molecule has 2 aromatic rings. The van der Waals surface area contributed by atoms with E-state index < -0.39 is 11.9 Å². The molecular formula is C22H23N3O6S. The Balaban J connectivity index is 1.73. The third-order valence-electron chi connectivity index (χ3n) is 4.34. The number of rotatable bonds is 8. The summed E-state index contributed by atoms with van der Waals surface area (Å²) in [6, 6.07) is 6.93. The van der Waals surface area contributed by atoms with E-state index in [1.54, 1.807) is 58.0 Å². The van der Waals surface area contributed by atoms with E-state index >= 15 is 0 Å². The quantitative estimate of drug-likeness (QED) is 0.442. The van der Waals surface area contributed by atoms with E-state index in [0.29, 0.717) is 39.3 Å². The van der Waals surface area contributed by atoms with Gasteiger partial charge >= 0.3 is 11.9 Å². The van der Waals surface area contributed by atoms with Gasteiger partial charge in [-0.1, -0.05) is 23.5 Å². The molecule has 32 heavy (non-hydrogen) atoms. The van der Waals surface area contributed by atoms with E-state index in [-0.39, 0.29) is 19.1 Å². The lowest BCUT2D eigenvalue weighted by atomic mass is 10.1. The number of carbonyl (C=O) groups excluding carboxylic acids is 3. The molecule has 10 heteroatoms. The van der Waals surface area contributed by atoms with Crippen molar-refractivity contribution >= 4 is 46.1 Å². The zero-order valence-electron chi connectivity index (χ0n) is 18.2. The zero-order valence-corrected chi connectivity index (χ0v) is 19.0. The summed E-state index contributed by atoms with van der Waals surface area (Å²) in [5.41, 5.74) is 2.19. The predicted octanol–water partition coefficient (Wildman–Crippen LogP) is 3.38. The summed E-state index contributed by atoms with van der Waals surface area (Å²) in [6.45, 7) is 7.25. The second-order valence-corrected chi connectivity index (χ2v) is 7.63. The maximum atomic E-state index is 13.0. The normalized spacial score (nSPS) is 14.5. The lowest BCUT2D eigenvalue weighted by Crippen LogP contribution is -2.21. The number of hydrazone groups is 1. The topological polar surface area (TPSA) is 107 Å². The van der Waals surface area contributed by atoms with Crippen molar-refractivity contribution in [2.24, 2.45) is 5.10 Å². The van der Waals surface area contributed by atoms with Crippen LogP contribution in [0.4, 0.5) is 5.13 Å². The van der Waals surface area contributed by atoms with E-state index in [4.69, 9.17) is 14.2 Å². The van der Waals surface area contributed by atoms with Gasteiger partial charge in [0, 0.05) is 0 Å². The molecule has 1 aromatic heterocycles. The van der Waals surface area contributed by atoms with Crippen molar-refractivity contribution in [1.29, 1.82) is 0 Å². The fraction of sp³-hybridized carbons (Fsp3) is 0.318. The Hall–Kier alpha value is -3.53. The van der Waals surface area contributed by atoms with Crippen LogP contribution in [-0.4, -0.2) is 48.4 Å². The molecule has 0 saturated heterocycles. The molecule has 2 heterocycles. The highest BCUT2D eigenvalue weighted by atomic mass is 32.1. The Morgan fingerprint density at radius 2 is 1.78 bits per heavy atom. The second kappa shape index (κ2) is 10.2. The maximum absolute atomic E-state index is 13.0. The van der Waals surface area contributed by atoms with Crippen molar-refractivity contribution in [2.75, 3.05) is 24.8 Å². The molecule has 0 fully saturated rings. The summed E-state index contributed by atoms with van der Waals surface area (Å²) in [5.74, 6) is -0.739. The monoisotopic (exact) mass is 457 g/mol. The van der Waals surface area contributed by atoms with Crippen molar-refractivity contribution in [2.45, 2.75) is 27.7 Å². The lowest BCUT2D eigenvalue weighted by Gasteiger charge is -2.07. The number of aromatic nitrogens is 1. The molecule has 0 radical (unpaired) electrons. The van der Waals surface area contributed by atoms with E-state index in [0.717, 1.165) is 16.9 Å². The van der Waals surface area contributed by atoms with E-state index in [1.807, 2.05) is 0 Å². The Labute approximate surface area is 189 Å². The largest absolute Gasteiger partial charge is 0.482 e. The van der Waals surface area contributed by atoms with Gasteiger partial charge in [0.15, 0.2) is 6.61 Å². The summed E-state index contributed by atoms with van der Waals surface area (Å²) < 4.78 is 15.2. The lowest BCUT2D eigenvalue weighted by molar-refractivity contribution is -0.145. The molecule has 1 amide bonds. The summed E-state index contributed by atoms with van der Waals surface area (Å²) in [4.78, 5) is 41.1. The molecule has 0 N–H and O–H groups in total. The first-order valence-electron chi connectivity index (χ1n) is 9.98. The van der Waals surface area contributed by atoms with Gasteiger partial charge in [0.2, 0.25) is 5.13 Å². The number of hydrogen-bond donors (Lipinski definition) is 0. The van der Waals surface area contributed by atoms with Crippen LogP contribution in [0.3, 0.4) is 0 Å². The van der Waals surface area contributed by atoms with Gasteiger partial charge in [-0.2, -0.15) is 10.1 Å². The van der Waals surface area contributed by atoms with Crippen LogP contribution < -0.4 is 9.75 Å². The highest BCUT2D eigenvalue weighted by molar-refractivity contribution is 7.17. The number of benzene rings is 1. The molecule has 1 aliphatic heterocycles. The molecule has 0 bridgehead atoms. The number of carbonyl (C=O) groups is 3. The van der Waals surface area contributed by atoms with Crippen molar-refractivity contribution in [3.8, 4) is 5.75 Å². The predicted molar refractivity (Wildman–Crippen MR) is 120 cm³/mol. The van der Waals surface area contributed by atoms with Crippen LogP contribution in [0.5, 0.6) is 5.75 Å². The number of amides is 1. The van der Waals surface area contributed by atoms with Gasteiger partial charge in [0.25, 0.3) is 5.91 Å². The highest BCUT2D eigenvalue weighted by Crippen LogP contribution is 2.31. The molecule has 1 aliphatic rings. The van der Waals surface area contributed by atoms with Crippen molar-refractivity contribution in [1.82, 2.24) is 4.98 Å². The SMILES string of the molecule is CCOC(=O)COc1ccc(C=C2C(=O)N(c3nc(C)c(C(=O)OCC)s3)N=C2C)cc1. The maximum Gasteiger partial charge on any atom is 0.350 e. The first-order valence-corrected chi connectivity index (χ1v) is 10.8. The number of thiazole rings is 1. The molecular weight excluding hydrogens is 434 g/mol. The summed E-state index contributed by atoms with van der Waals surface area (Å²) in [5, 5.41) is 5.81. The smallest absolute Gasteiger partial charge is 0.350 e. The van der Waals surface area contributed by atoms with Crippen molar-refractivity contribution in [3.05, 3.63) is 46.0 Å². The Morgan fingerprint density at radius 3 is 2.44 bits per heavy atom. The van der Waals surface area contributed by atoms with Gasteiger partial charge in [-0.25, -0.2) is 14.6 Å². The third-order valence-corrected chi connectivity index (χ3v) is 5.46. The van der Waals surface area contributed by atoms with Crippen LogP contribution in [-0.2, 0) is 19.1 Å². The van der Waals surface area contributed by atoms with Crippen molar-refractivity contribution in [3.63, 3.8) is 0 Å². The van der Waals surface area contributed by atoms with Gasteiger partial charge in [-0.05, 0) is 51.5 Å². The minimum Gasteiger partial charge on any atom is -0.482 e. The summed E-state index contributed by atoms with van der Waals surface area (Å²) in [6.07, 6.45) is 1.71.